The van der Waals surface area contributed by atoms with E-state index in [2.05, 4.69) is 32.2 Å². The predicted octanol–water partition coefficient (Wildman–Crippen LogP) is 3.01. The summed E-state index contributed by atoms with van der Waals surface area (Å²) in [5.41, 5.74) is 8.82. The minimum Gasteiger partial charge on any atom is -0.382 e. The second kappa shape index (κ2) is 7.14. The highest BCUT2D eigenvalue weighted by molar-refractivity contribution is 5.97. The van der Waals surface area contributed by atoms with Crippen LogP contribution in [0.4, 0.5) is 5.69 Å². The number of hydrogen-bond donors (Lipinski definition) is 2. The van der Waals surface area contributed by atoms with Crippen molar-refractivity contribution in [3.05, 3.63) is 29.3 Å². The number of carbonyl (C=O) groups excluding carboxylic acids is 1. The maximum atomic E-state index is 12.8. The quantitative estimate of drug-likeness (QED) is 0.899. The number of carbonyl (C=O) groups is 1. The van der Waals surface area contributed by atoms with E-state index in [9.17, 15) is 4.79 Å². The summed E-state index contributed by atoms with van der Waals surface area (Å²) in [4.78, 5) is 14.7. The Balaban J connectivity index is 2.16. The molecule has 1 atom stereocenters. The van der Waals surface area contributed by atoms with Crippen LogP contribution in [-0.2, 0) is 0 Å². The van der Waals surface area contributed by atoms with Crippen molar-refractivity contribution in [1.82, 2.24) is 4.90 Å². The number of rotatable bonds is 4. The molecular formula is C18H29N3O. The highest BCUT2D eigenvalue weighted by Gasteiger charge is 2.23. The van der Waals surface area contributed by atoms with Gasteiger partial charge in [0.25, 0.3) is 5.91 Å². The minimum absolute atomic E-state index is 0.130. The Morgan fingerprint density at radius 2 is 1.91 bits per heavy atom. The molecule has 122 valence electrons. The molecule has 0 aromatic heterocycles. The Morgan fingerprint density at radius 1 is 1.27 bits per heavy atom. The van der Waals surface area contributed by atoms with E-state index in [0.717, 1.165) is 42.7 Å². The molecule has 1 aromatic carbocycles. The first-order valence-corrected chi connectivity index (χ1v) is 8.31. The van der Waals surface area contributed by atoms with E-state index >= 15 is 0 Å². The average molecular weight is 303 g/mol. The predicted molar refractivity (Wildman–Crippen MR) is 92.2 cm³/mol. The van der Waals surface area contributed by atoms with Crippen molar-refractivity contribution in [2.45, 2.75) is 52.6 Å². The van der Waals surface area contributed by atoms with Gasteiger partial charge in [-0.05, 0) is 50.3 Å². The number of amides is 1. The smallest absolute Gasteiger partial charge is 0.254 e. The number of nitrogens with one attached hydrogen (secondary N) is 1. The first-order chi connectivity index (χ1) is 10.4. The van der Waals surface area contributed by atoms with Crippen LogP contribution in [0.15, 0.2) is 18.2 Å². The Hall–Kier alpha value is -1.55. The zero-order valence-corrected chi connectivity index (χ0v) is 14.2. The van der Waals surface area contributed by atoms with Crippen LogP contribution in [0, 0.1) is 12.8 Å². The summed E-state index contributed by atoms with van der Waals surface area (Å²) < 4.78 is 0. The lowest BCUT2D eigenvalue weighted by molar-refractivity contribution is 0.0714. The third-order valence-corrected chi connectivity index (χ3v) is 4.77. The highest BCUT2D eigenvalue weighted by Crippen LogP contribution is 2.23. The van der Waals surface area contributed by atoms with Crippen LogP contribution in [0.5, 0.6) is 0 Å². The Morgan fingerprint density at radius 3 is 2.50 bits per heavy atom. The maximum absolute atomic E-state index is 12.8. The molecule has 1 aliphatic heterocycles. The van der Waals surface area contributed by atoms with Gasteiger partial charge in [-0.3, -0.25) is 4.79 Å². The van der Waals surface area contributed by atoms with Crippen molar-refractivity contribution in [2.24, 2.45) is 11.7 Å². The molecule has 22 heavy (non-hydrogen) atoms. The first kappa shape index (κ1) is 16.8. The fourth-order valence-electron chi connectivity index (χ4n) is 2.71. The van der Waals surface area contributed by atoms with Gasteiger partial charge in [-0.1, -0.05) is 19.9 Å². The van der Waals surface area contributed by atoms with Crippen LogP contribution in [0.3, 0.4) is 0 Å². The summed E-state index contributed by atoms with van der Waals surface area (Å²) in [5, 5.41) is 3.52. The number of likely N-dealkylation sites (tertiary alicyclic amines) is 1. The zero-order chi connectivity index (χ0) is 16.3. The average Bonchev–Trinajstić information content (AvgIpc) is 2.49. The van der Waals surface area contributed by atoms with E-state index in [0.29, 0.717) is 12.0 Å². The molecule has 0 aliphatic carbocycles. The standard InChI is InChI=1S/C18H29N3O/c1-12(2)14(4)20-17-7-5-6-16(13(17)3)18(22)21-10-8-15(19)9-11-21/h5-7,12,14-15,20H,8-11,19H2,1-4H3. The van der Waals surface area contributed by atoms with Gasteiger partial charge in [-0.25, -0.2) is 0 Å². The number of hydrogen-bond acceptors (Lipinski definition) is 3. The molecule has 1 aromatic rings. The summed E-state index contributed by atoms with van der Waals surface area (Å²) in [6, 6.07) is 6.56. The van der Waals surface area contributed by atoms with Gasteiger partial charge >= 0.3 is 0 Å². The molecule has 1 heterocycles. The molecule has 4 heteroatoms. The van der Waals surface area contributed by atoms with E-state index < -0.39 is 0 Å². The van der Waals surface area contributed by atoms with Crippen molar-refractivity contribution in [3.63, 3.8) is 0 Å². The molecule has 3 N–H and O–H groups in total. The van der Waals surface area contributed by atoms with Crippen LogP contribution in [0.25, 0.3) is 0 Å². The van der Waals surface area contributed by atoms with Gasteiger partial charge in [0.05, 0.1) is 0 Å². The summed E-state index contributed by atoms with van der Waals surface area (Å²) in [6.07, 6.45) is 1.79. The second-order valence-electron chi connectivity index (χ2n) is 6.78. The molecule has 0 radical (unpaired) electrons. The molecule has 4 nitrogen and oxygen atoms in total. The van der Waals surface area contributed by atoms with Crippen molar-refractivity contribution in [1.29, 1.82) is 0 Å². The summed E-state index contributed by atoms with van der Waals surface area (Å²) >= 11 is 0. The molecule has 1 aliphatic rings. The Bertz CT molecular complexity index is 519. The van der Waals surface area contributed by atoms with Crippen molar-refractivity contribution in [3.8, 4) is 0 Å². The van der Waals surface area contributed by atoms with Gasteiger partial charge in [-0.2, -0.15) is 0 Å². The Labute approximate surface area is 134 Å². The first-order valence-electron chi connectivity index (χ1n) is 8.31. The van der Waals surface area contributed by atoms with Crippen molar-refractivity contribution < 1.29 is 4.79 Å². The van der Waals surface area contributed by atoms with Gasteiger partial charge in [0.1, 0.15) is 0 Å². The Kier molecular flexibility index (Phi) is 5.46. The molecule has 1 fully saturated rings. The molecule has 1 saturated heterocycles. The summed E-state index contributed by atoms with van der Waals surface area (Å²) in [6.45, 7) is 10.1. The lowest BCUT2D eigenvalue weighted by atomic mass is 10.0. The lowest BCUT2D eigenvalue weighted by Gasteiger charge is -2.31. The molecule has 2 rings (SSSR count). The van der Waals surface area contributed by atoms with Crippen LogP contribution < -0.4 is 11.1 Å². The van der Waals surface area contributed by atoms with Crippen LogP contribution in [0.1, 0.15) is 49.5 Å². The molecule has 0 bridgehead atoms. The fraction of sp³-hybridized carbons (Fsp3) is 0.611. The number of anilines is 1. The third kappa shape index (κ3) is 3.80. The van der Waals surface area contributed by atoms with Crippen LogP contribution in [0.2, 0.25) is 0 Å². The third-order valence-electron chi connectivity index (χ3n) is 4.77. The SMILES string of the molecule is Cc1c(NC(C)C(C)C)cccc1C(=O)N1CCC(N)CC1. The number of piperidine rings is 1. The van der Waals surface area contributed by atoms with Gasteiger partial charge in [0.2, 0.25) is 0 Å². The minimum atomic E-state index is 0.130. The van der Waals surface area contributed by atoms with Gasteiger partial charge in [0.15, 0.2) is 0 Å². The van der Waals surface area contributed by atoms with E-state index in [1.807, 2.05) is 24.0 Å². The summed E-state index contributed by atoms with van der Waals surface area (Å²) in [5.74, 6) is 0.674. The van der Waals surface area contributed by atoms with Crippen LogP contribution in [-0.4, -0.2) is 36.0 Å². The van der Waals surface area contributed by atoms with E-state index in [4.69, 9.17) is 5.73 Å². The van der Waals surface area contributed by atoms with E-state index in [-0.39, 0.29) is 11.9 Å². The fourth-order valence-corrected chi connectivity index (χ4v) is 2.71. The molecular weight excluding hydrogens is 274 g/mol. The number of nitrogens with zero attached hydrogens (tertiary/aromatic N) is 1. The van der Waals surface area contributed by atoms with Gasteiger partial charge in [-0.15, -0.1) is 0 Å². The second-order valence-corrected chi connectivity index (χ2v) is 6.78. The molecule has 0 saturated carbocycles. The van der Waals surface area contributed by atoms with Crippen molar-refractivity contribution in [2.75, 3.05) is 18.4 Å². The largest absolute Gasteiger partial charge is 0.382 e. The molecule has 0 spiro atoms. The van der Waals surface area contributed by atoms with Crippen LogP contribution >= 0.6 is 0 Å². The van der Waals surface area contributed by atoms with Gasteiger partial charge < -0.3 is 16.0 Å². The normalized spacial score (nSPS) is 17.6. The van der Waals surface area contributed by atoms with Gasteiger partial charge in [0, 0.05) is 36.4 Å². The lowest BCUT2D eigenvalue weighted by Crippen LogP contribution is -2.43. The monoisotopic (exact) mass is 303 g/mol. The summed E-state index contributed by atoms with van der Waals surface area (Å²) in [7, 11) is 0. The number of benzene rings is 1. The maximum Gasteiger partial charge on any atom is 0.254 e. The topological polar surface area (TPSA) is 58.4 Å². The zero-order valence-electron chi connectivity index (χ0n) is 14.2. The molecule has 1 amide bonds. The number of nitrogens with two attached hydrogens (primary N) is 1. The van der Waals surface area contributed by atoms with Crippen molar-refractivity contribution >= 4 is 11.6 Å². The molecule has 1 unspecified atom stereocenters. The highest BCUT2D eigenvalue weighted by atomic mass is 16.2. The van der Waals surface area contributed by atoms with E-state index in [1.165, 1.54) is 0 Å². The van der Waals surface area contributed by atoms with E-state index in [1.54, 1.807) is 0 Å².